The molecular weight excluding hydrogens is 431 g/mol. The van der Waals surface area contributed by atoms with Gasteiger partial charge in [-0.05, 0) is 52.3 Å². The Morgan fingerprint density at radius 3 is 2.45 bits per heavy atom. The highest BCUT2D eigenvalue weighted by Gasteiger charge is 2.19. The summed E-state index contributed by atoms with van der Waals surface area (Å²) in [6.07, 6.45) is 0. The van der Waals surface area contributed by atoms with Gasteiger partial charge in [0.1, 0.15) is 4.90 Å². The Hall–Kier alpha value is -0.760. The summed E-state index contributed by atoms with van der Waals surface area (Å²) in [5.74, 6) is 0. The topological polar surface area (TPSA) is 72.2 Å². The SMILES string of the molecule is Nc1cc(Br)ccc1S(=O)(=O)Nc1cc(Cl)ccc1Br. The van der Waals surface area contributed by atoms with E-state index in [0.29, 0.717) is 19.7 Å². The van der Waals surface area contributed by atoms with Crippen molar-refractivity contribution in [2.45, 2.75) is 4.90 Å². The summed E-state index contributed by atoms with van der Waals surface area (Å²) in [4.78, 5) is 0.00701. The fraction of sp³-hybridized carbons (Fsp3) is 0. The molecule has 0 amide bonds. The van der Waals surface area contributed by atoms with Gasteiger partial charge in [-0.25, -0.2) is 8.42 Å². The summed E-state index contributed by atoms with van der Waals surface area (Å²) in [5, 5.41) is 0.426. The van der Waals surface area contributed by atoms with Crippen LogP contribution in [0.15, 0.2) is 50.2 Å². The minimum atomic E-state index is -3.78. The maximum absolute atomic E-state index is 12.3. The number of benzene rings is 2. The summed E-state index contributed by atoms with van der Waals surface area (Å²) in [5.41, 5.74) is 6.25. The lowest BCUT2D eigenvalue weighted by atomic mass is 10.3. The lowest BCUT2D eigenvalue weighted by molar-refractivity contribution is 0.601. The predicted molar refractivity (Wildman–Crippen MR) is 88.5 cm³/mol. The van der Waals surface area contributed by atoms with Crippen LogP contribution in [0, 0.1) is 0 Å². The quantitative estimate of drug-likeness (QED) is 0.701. The number of rotatable bonds is 3. The number of hydrogen-bond acceptors (Lipinski definition) is 3. The largest absolute Gasteiger partial charge is 0.398 e. The minimum absolute atomic E-state index is 0.00701. The van der Waals surface area contributed by atoms with Crippen LogP contribution in [0.3, 0.4) is 0 Å². The van der Waals surface area contributed by atoms with Gasteiger partial charge in [-0.15, -0.1) is 0 Å². The van der Waals surface area contributed by atoms with Crippen molar-refractivity contribution in [3.8, 4) is 0 Å². The molecule has 0 unspecified atom stereocenters. The zero-order chi connectivity index (χ0) is 14.9. The first kappa shape index (κ1) is 15.6. The number of halogens is 3. The van der Waals surface area contributed by atoms with Crippen LogP contribution in [0.5, 0.6) is 0 Å². The lowest BCUT2D eigenvalue weighted by Gasteiger charge is -2.12. The summed E-state index contributed by atoms with van der Waals surface area (Å²) in [6, 6.07) is 9.39. The summed E-state index contributed by atoms with van der Waals surface area (Å²) in [7, 11) is -3.78. The Morgan fingerprint density at radius 1 is 1.10 bits per heavy atom. The number of nitrogens with one attached hydrogen (secondary N) is 1. The van der Waals surface area contributed by atoms with Gasteiger partial charge in [0.25, 0.3) is 10.0 Å². The highest BCUT2D eigenvalue weighted by Crippen LogP contribution is 2.30. The molecule has 8 heteroatoms. The molecule has 2 rings (SSSR count). The Balaban J connectivity index is 2.43. The smallest absolute Gasteiger partial charge is 0.263 e. The highest BCUT2D eigenvalue weighted by atomic mass is 79.9. The first-order chi connectivity index (χ1) is 9.29. The summed E-state index contributed by atoms with van der Waals surface area (Å²) >= 11 is 12.3. The van der Waals surface area contributed by atoms with Crippen LogP contribution >= 0.6 is 43.5 Å². The molecule has 0 aliphatic carbocycles. The fourth-order valence-corrected chi connectivity index (χ4v) is 3.75. The Labute approximate surface area is 138 Å². The molecule has 0 radical (unpaired) electrons. The van der Waals surface area contributed by atoms with E-state index in [4.69, 9.17) is 17.3 Å². The molecule has 0 saturated carbocycles. The second kappa shape index (κ2) is 5.93. The normalized spacial score (nSPS) is 11.3. The van der Waals surface area contributed by atoms with E-state index in [1.807, 2.05) is 0 Å². The van der Waals surface area contributed by atoms with Crippen LogP contribution in [0.25, 0.3) is 0 Å². The van der Waals surface area contributed by atoms with Gasteiger partial charge in [0.15, 0.2) is 0 Å². The van der Waals surface area contributed by atoms with Crippen molar-refractivity contribution < 1.29 is 8.42 Å². The zero-order valence-corrected chi connectivity index (χ0v) is 14.6. The molecular formula is C12H9Br2ClN2O2S. The molecule has 0 atom stereocenters. The van der Waals surface area contributed by atoms with Gasteiger partial charge in [-0.1, -0.05) is 27.5 Å². The highest BCUT2D eigenvalue weighted by molar-refractivity contribution is 9.10. The monoisotopic (exact) mass is 438 g/mol. The van der Waals surface area contributed by atoms with E-state index >= 15 is 0 Å². The van der Waals surface area contributed by atoms with E-state index in [-0.39, 0.29) is 10.6 Å². The molecule has 0 saturated heterocycles. The van der Waals surface area contributed by atoms with Gasteiger partial charge < -0.3 is 5.73 Å². The second-order valence-corrected chi connectivity index (χ2v) is 7.77. The standard InChI is InChI=1S/C12H9Br2ClN2O2S/c13-7-1-4-12(10(16)5-7)20(18,19)17-11-6-8(15)2-3-9(11)14/h1-6,17H,16H2. The number of nitrogens with two attached hydrogens (primary N) is 1. The predicted octanol–water partition coefficient (Wildman–Crippen LogP) is 4.25. The molecule has 0 fully saturated rings. The van der Waals surface area contributed by atoms with Gasteiger partial charge in [0.2, 0.25) is 0 Å². The van der Waals surface area contributed by atoms with Crippen molar-refractivity contribution in [1.29, 1.82) is 0 Å². The third kappa shape index (κ3) is 3.46. The lowest BCUT2D eigenvalue weighted by Crippen LogP contribution is -2.15. The molecule has 0 heterocycles. The molecule has 106 valence electrons. The second-order valence-electron chi connectivity index (χ2n) is 3.91. The first-order valence-electron chi connectivity index (χ1n) is 5.32. The van der Waals surface area contributed by atoms with Crippen LogP contribution in [-0.2, 0) is 10.0 Å². The zero-order valence-electron chi connectivity index (χ0n) is 9.90. The molecule has 0 aliphatic rings. The van der Waals surface area contributed by atoms with Crippen molar-refractivity contribution in [1.82, 2.24) is 0 Å². The van der Waals surface area contributed by atoms with E-state index in [1.54, 1.807) is 18.2 Å². The molecule has 4 nitrogen and oxygen atoms in total. The van der Waals surface area contributed by atoms with Crippen molar-refractivity contribution in [2.24, 2.45) is 0 Å². The molecule has 0 spiro atoms. The molecule has 2 aromatic rings. The maximum atomic E-state index is 12.3. The fourth-order valence-electron chi connectivity index (χ4n) is 1.54. The van der Waals surface area contributed by atoms with Crippen LogP contribution in [0.1, 0.15) is 0 Å². The molecule has 0 bridgehead atoms. The maximum Gasteiger partial charge on any atom is 0.263 e. The van der Waals surface area contributed by atoms with Crippen molar-refractivity contribution in [2.75, 3.05) is 10.5 Å². The molecule has 2 aromatic carbocycles. The van der Waals surface area contributed by atoms with Gasteiger partial charge in [0, 0.05) is 14.0 Å². The third-order valence-electron chi connectivity index (χ3n) is 2.43. The van der Waals surface area contributed by atoms with E-state index in [1.165, 1.54) is 18.2 Å². The number of nitrogen functional groups attached to an aromatic ring is 1. The molecule has 20 heavy (non-hydrogen) atoms. The van der Waals surface area contributed by atoms with E-state index in [9.17, 15) is 8.42 Å². The first-order valence-corrected chi connectivity index (χ1v) is 8.77. The number of sulfonamides is 1. The van der Waals surface area contributed by atoms with Crippen LogP contribution < -0.4 is 10.5 Å². The summed E-state index contributed by atoms with van der Waals surface area (Å²) in [6.45, 7) is 0. The van der Waals surface area contributed by atoms with E-state index in [0.717, 1.165) is 0 Å². The van der Waals surface area contributed by atoms with Crippen LogP contribution in [0.4, 0.5) is 11.4 Å². The average Bonchev–Trinajstić information content (AvgIpc) is 2.33. The van der Waals surface area contributed by atoms with Crippen molar-refractivity contribution in [3.63, 3.8) is 0 Å². The Kier molecular flexibility index (Phi) is 4.63. The van der Waals surface area contributed by atoms with Gasteiger partial charge in [-0.3, -0.25) is 4.72 Å². The van der Waals surface area contributed by atoms with Gasteiger partial charge in [0.05, 0.1) is 11.4 Å². The van der Waals surface area contributed by atoms with Gasteiger partial charge >= 0.3 is 0 Å². The average molecular weight is 441 g/mol. The number of hydrogen-bond donors (Lipinski definition) is 2. The minimum Gasteiger partial charge on any atom is -0.398 e. The molecule has 0 aliphatic heterocycles. The van der Waals surface area contributed by atoms with Gasteiger partial charge in [-0.2, -0.15) is 0 Å². The van der Waals surface area contributed by atoms with Crippen molar-refractivity contribution >= 4 is 64.9 Å². The third-order valence-corrected chi connectivity index (χ3v) is 5.29. The number of anilines is 2. The molecule has 0 aromatic heterocycles. The van der Waals surface area contributed by atoms with Crippen molar-refractivity contribution in [3.05, 3.63) is 50.4 Å². The van der Waals surface area contributed by atoms with Crippen LogP contribution in [0.2, 0.25) is 5.02 Å². The molecule has 3 N–H and O–H groups in total. The summed E-state index contributed by atoms with van der Waals surface area (Å²) < 4.78 is 28.4. The van der Waals surface area contributed by atoms with E-state index < -0.39 is 10.0 Å². The Morgan fingerprint density at radius 2 is 1.80 bits per heavy atom. The Bertz CT molecular complexity index is 766. The van der Waals surface area contributed by atoms with Crippen LogP contribution in [-0.4, -0.2) is 8.42 Å². The van der Waals surface area contributed by atoms with E-state index in [2.05, 4.69) is 36.6 Å².